The van der Waals surface area contributed by atoms with Crippen LogP contribution < -0.4 is 10.2 Å². The smallest absolute Gasteiger partial charge is 0.249 e. The third-order valence-corrected chi connectivity index (χ3v) is 4.49. The summed E-state index contributed by atoms with van der Waals surface area (Å²) in [6.45, 7) is 8.56. The summed E-state index contributed by atoms with van der Waals surface area (Å²) < 4.78 is 0. The fraction of sp³-hybridized carbons (Fsp3) is 0.529. The molecular weight excluding hydrogens is 264 g/mol. The largest absolute Gasteiger partial charge is 0.344 e. The number of amides is 2. The minimum Gasteiger partial charge on any atom is -0.344 e. The minimum atomic E-state index is -0.426. The van der Waals surface area contributed by atoms with Gasteiger partial charge in [-0.3, -0.25) is 9.59 Å². The third-order valence-electron chi connectivity index (χ3n) is 4.49. The molecule has 0 aliphatic carbocycles. The summed E-state index contributed by atoms with van der Waals surface area (Å²) in [5.74, 6) is 0.0949. The zero-order valence-corrected chi connectivity index (χ0v) is 13.3. The van der Waals surface area contributed by atoms with Crippen molar-refractivity contribution in [1.82, 2.24) is 5.32 Å². The van der Waals surface area contributed by atoms with Gasteiger partial charge in [0.15, 0.2) is 0 Å². The summed E-state index contributed by atoms with van der Waals surface area (Å²) in [6, 6.07) is 5.54. The number of carbonyl (C=O) groups is 2. The number of nitrogens with one attached hydrogen (secondary N) is 1. The van der Waals surface area contributed by atoms with Crippen LogP contribution in [0.3, 0.4) is 0 Å². The molecule has 0 bridgehead atoms. The molecule has 2 unspecified atom stereocenters. The highest BCUT2D eigenvalue weighted by atomic mass is 16.2. The summed E-state index contributed by atoms with van der Waals surface area (Å²) in [4.78, 5) is 26.5. The molecule has 1 aliphatic rings. The molecule has 0 radical (unpaired) electrons. The number of nitrogens with zero attached hydrogens (tertiary/aromatic N) is 1. The van der Waals surface area contributed by atoms with E-state index in [-0.39, 0.29) is 17.7 Å². The second-order valence-electron chi connectivity index (χ2n) is 5.89. The molecule has 0 saturated carbocycles. The maximum absolute atomic E-state index is 12.9. The zero-order chi connectivity index (χ0) is 15.6. The summed E-state index contributed by atoms with van der Waals surface area (Å²) in [5.41, 5.74) is 3.18. The summed E-state index contributed by atoms with van der Waals surface area (Å²) >= 11 is 0. The predicted molar refractivity (Wildman–Crippen MR) is 84.3 cm³/mol. The first-order valence-electron chi connectivity index (χ1n) is 7.62. The second-order valence-corrected chi connectivity index (χ2v) is 5.89. The number of carbonyl (C=O) groups excluding carboxylic acids is 2. The van der Waals surface area contributed by atoms with Crippen LogP contribution in [0, 0.1) is 19.8 Å². The van der Waals surface area contributed by atoms with Crippen LogP contribution in [0.25, 0.3) is 0 Å². The van der Waals surface area contributed by atoms with Gasteiger partial charge in [-0.2, -0.15) is 0 Å². The lowest BCUT2D eigenvalue weighted by Gasteiger charge is -2.28. The molecule has 4 nitrogen and oxygen atoms in total. The van der Waals surface area contributed by atoms with Crippen LogP contribution >= 0.6 is 0 Å². The highest BCUT2D eigenvalue weighted by Crippen LogP contribution is 2.26. The van der Waals surface area contributed by atoms with E-state index in [0.29, 0.717) is 13.0 Å². The number of hydrogen-bond donors (Lipinski definition) is 1. The molecule has 1 aliphatic heterocycles. The van der Waals surface area contributed by atoms with Gasteiger partial charge in [0, 0.05) is 18.7 Å². The Kier molecular flexibility index (Phi) is 4.66. The van der Waals surface area contributed by atoms with Crippen molar-refractivity contribution in [3.05, 3.63) is 29.3 Å². The molecule has 1 saturated heterocycles. The van der Waals surface area contributed by atoms with E-state index in [9.17, 15) is 9.59 Å². The van der Waals surface area contributed by atoms with Crippen LogP contribution in [0.4, 0.5) is 5.69 Å². The fourth-order valence-corrected chi connectivity index (χ4v) is 2.69. The van der Waals surface area contributed by atoms with Crippen molar-refractivity contribution in [1.29, 1.82) is 0 Å². The van der Waals surface area contributed by atoms with Crippen LogP contribution in [-0.2, 0) is 9.59 Å². The van der Waals surface area contributed by atoms with E-state index in [2.05, 4.69) is 5.32 Å². The summed E-state index contributed by atoms with van der Waals surface area (Å²) in [5, 5.41) is 2.88. The number of anilines is 1. The van der Waals surface area contributed by atoms with Crippen molar-refractivity contribution in [2.75, 3.05) is 11.4 Å². The van der Waals surface area contributed by atoms with Gasteiger partial charge in [0.25, 0.3) is 0 Å². The normalized spacial score (nSPS) is 21.0. The maximum atomic E-state index is 12.9. The van der Waals surface area contributed by atoms with E-state index < -0.39 is 6.04 Å². The Morgan fingerprint density at radius 1 is 1.33 bits per heavy atom. The molecule has 2 amide bonds. The topological polar surface area (TPSA) is 49.4 Å². The maximum Gasteiger partial charge on any atom is 0.249 e. The van der Waals surface area contributed by atoms with Gasteiger partial charge in [0.1, 0.15) is 6.04 Å². The average molecular weight is 288 g/mol. The van der Waals surface area contributed by atoms with Gasteiger partial charge in [-0.1, -0.05) is 32.4 Å². The Labute approximate surface area is 126 Å². The second kappa shape index (κ2) is 6.29. The van der Waals surface area contributed by atoms with Crippen molar-refractivity contribution in [3.8, 4) is 0 Å². The standard InChI is InChI=1S/C17H24N2O2/c1-5-11(2)16-17(21)19(10-9-15(20)18-16)14-8-6-7-12(3)13(14)4/h6-8,11,16H,5,9-10H2,1-4H3,(H,18,20). The van der Waals surface area contributed by atoms with Crippen molar-refractivity contribution >= 4 is 17.5 Å². The van der Waals surface area contributed by atoms with Crippen molar-refractivity contribution in [2.24, 2.45) is 5.92 Å². The van der Waals surface area contributed by atoms with E-state index in [1.807, 2.05) is 45.9 Å². The molecule has 114 valence electrons. The number of hydrogen-bond acceptors (Lipinski definition) is 2. The predicted octanol–water partition coefficient (Wildman–Crippen LogP) is 2.57. The Bertz CT molecular complexity index is 554. The SMILES string of the molecule is CCC(C)C1NC(=O)CCN(c2cccc(C)c2C)C1=O. The lowest BCUT2D eigenvalue weighted by molar-refractivity contribution is -0.126. The number of aryl methyl sites for hydroxylation is 1. The van der Waals surface area contributed by atoms with E-state index in [0.717, 1.165) is 23.2 Å². The van der Waals surface area contributed by atoms with Crippen LogP contribution in [0.15, 0.2) is 18.2 Å². The van der Waals surface area contributed by atoms with Crippen LogP contribution in [0.1, 0.15) is 37.8 Å². The quantitative estimate of drug-likeness (QED) is 0.929. The van der Waals surface area contributed by atoms with E-state index in [1.165, 1.54) is 0 Å². The highest BCUT2D eigenvalue weighted by molar-refractivity contribution is 6.02. The molecule has 1 N–H and O–H groups in total. The molecule has 0 aromatic heterocycles. The Balaban J connectivity index is 2.40. The Morgan fingerprint density at radius 3 is 2.71 bits per heavy atom. The summed E-state index contributed by atoms with van der Waals surface area (Å²) in [7, 11) is 0. The van der Waals surface area contributed by atoms with Crippen molar-refractivity contribution < 1.29 is 9.59 Å². The molecular formula is C17H24N2O2. The molecule has 1 heterocycles. The van der Waals surface area contributed by atoms with Crippen LogP contribution in [-0.4, -0.2) is 24.4 Å². The number of benzene rings is 1. The highest BCUT2D eigenvalue weighted by Gasteiger charge is 2.34. The van der Waals surface area contributed by atoms with E-state index in [1.54, 1.807) is 4.90 Å². The van der Waals surface area contributed by atoms with Gasteiger partial charge in [-0.25, -0.2) is 0 Å². The monoisotopic (exact) mass is 288 g/mol. The molecule has 2 rings (SSSR count). The van der Waals surface area contributed by atoms with Crippen molar-refractivity contribution in [3.63, 3.8) is 0 Å². The molecule has 21 heavy (non-hydrogen) atoms. The molecule has 4 heteroatoms. The first-order chi connectivity index (χ1) is 9.95. The lowest BCUT2D eigenvalue weighted by atomic mass is 9.97. The minimum absolute atomic E-state index is 0.00361. The van der Waals surface area contributed by atoms with E-state index >= 15 is 0 Å². The molecule has 2 atom stereocenters. The lowest BCUT2D eigenvalue weighted by Crippen LogP contribution is -2.48. The van der Waals surface area contributed by atoms with Gasteiger partial charge in [0.2, 0.25) is 11.8 Å². The van der Waals surface area contributed by atoms with Gasteiger partial charge >= 0.3 is 0 Å². The Morgan fingerprint density at radius 2 is 2.05 bits per heavy atom. The van der Waals surface area contributed by atoms with E-state index in [4.69, 9.17) is 0 Å². The van der Waals surface area contributed by atoms with Gasteiger partial charge in [0.05, 0.1) is 0 Å². The van der Waals surface area contributed by atoms with Gasteiger partial charge in [-0.05, 0) is 37.0 Å². The van der Waals surface area contributed by atoms with Crippen LogP contribution in [0.5, 0.6) is 0 Å². The average Bonchev–Trinajstić information content (AvgIpc) is 2.61. The third kappa shape index (κ3) is 3.09. The molecule has 1 aromatic carbocycles. The first-order valence-corrected chi connectivity index (χ1v) is 7.62. The number of rotatable bonds is 3. The molecule has 1 fully saturated rings. The van der Waals surface area contributed by atoms with Crippen molar-refractivity contribution in [2.45, 2.75) is 46.6 Å². The van der Waals surface area contributed by atoms with Gasteiger partial charge < -0.3 is 10.2 Å². The van der Waals surface area contributed by atoms with Gasteiger partial charge in [-0.15, -0.1) is 0 Å². The summed E-state index contributed by atoms with van der Waals surface area (Å²) in [6.07, 6.45) is 1.21. The molecule has 1 aromatic rings. The fourth-order valence-electron chi connectivity index (χ4n) is 2.69. The molecule has 0 spiro atoms. The first kappa shape index (κ1) is 15.5. The zero-order valence-electron chi connectivity index (χ0n) is 13.3. The Hall–Kier alpha value is -1.84. The van der Waals surface area contributed by atoms with Crippen LogP contribution in [0.2, 0.25) is 0 Å².